The number of Topliss-reactive ketones (excluding diaryl/α,β-unsaturated/α-hetero) is 1. The van der Waals surface area contributed by atoms with Crippen molar-refractivity contribution in [2.75, 3.05) is 0 Å². The first-order valence-electron chi connectivity index (χ1n) is 10.0. The van der Waals surface area contributed by atoms with Gasteiger partial charge in [0.25, 0.3) is 0 Å². The summed E-state index contributed by atoms with van der Waals surface area (Å²) in [5, 5.41) is 0. The third-order valence-electron chi connectivity index (χ3n) is 4.58. The van der Waals surface area contributed by atoms with Crippen molar-refractivity contribution in [1.29, 1.82) is 0 Å². The van der Waals surface area contributed by atoms with E-state index >= 15 is 0 Å². The summed E-state index contributed by atoms with van der Waals surface area (Å²) in [4.78, 5) is 11.4. The van der Waals surface area contributed by atoms with E-state index in [2.05, 4.69) is 12.7 Å². The number of halogens is 2. The van der Waals surface area contributed by atoms with Crippen LogP contribution in [-0.4, -0.2) is 11.8 Å². The smallest absolute Gasteiger partial charge is 0.189 e. The molecule has 0 aliphatic heterocycles. The molecule has 0 fully saturated rings. The number of unbranched alkanes of at least 4 members (excludes halogenated alkanes) is 14. The van der Waals surface area contributed by atoms with Crippen LogP contribution in [-0.2, 0) is 4.79 Å². The molecule has 0 heterocycles. The molecule has 0 aromatic rings. The molecule has 0 aromatic carbocycles. The lowest BCUT2D eigenvalue weighted by Gasteiger charge is -2.04. The van der Waals surface area contributed by atoms with Crippen molar-refractivity contribution < 1.29 is 35.3 Å². The summed E-state index contributed by atoms with van der Waals surface area (Å²) in [5.74, 6) is 0.328. The van der Waals surface area contributed by atoms with Crippen LogP contribution >= 0.6 is 0 Å². The molecule has 0 saturated heterocycles. The predicted octanol–water partition coefficient (Wildman–Crippen LogP) is -0.168. The standard InChI is InChI=1S/C20H41NO.2ClH.H3N/c1-3-4-5-6-7-8-9-10-11-12-13-14-15-16-17-18-20(22)19(2)21;;;/h19H,3-18,21H2,1-2H3;2*1H;1H3. The normalized spacial score (nSPS) is 11.0. The first kappa shape index (κ1) is 32.8. The van der Waals surface area contributed by atoms with Crippen molar-refractivity contribution in [3.05, 3.63) is 0 Å². The number of ketones is 1. The summed E-state index contributed by atoms with van der Waals surface area (Å²) in [6.45, 7) is 4.18. The predicted molar refractivity (Wildman–Crippen MR) is 103 cm³/mol. The van der Waals surface area contributed by atoms with E-state index in [1.165, 1.54) is 89.9 Å². The van der Waals surface area contributed by atoms with Crippen LogP contribution in [0, 0.1) is 0 Å². The maximum absolute atomic E-state index is 11.4. The third-order valence-corrected chi connectivity index (χ3v) is 4.58. The van der Waals surface area contributed by atoms with Gasteiger partial charge in [-0.1, -0.05) is 96.8 Å². The highest BCUT2D eigenvalue weighted by molar-refractivity contribution is 5.81. The highest BCUT2D eigenvalue weighted by Crippen LogP contribution is 2.13. The molecule has 0 bridgehead atoms. The van der Waals surface area contributed by atoms with Crippen molar-refractivity contribution in [2.45, 2.75) is 123 Å². The van der Waals surface area contributed by atoms with Crippen molar-refractivity contribution in [3.63, 3.8) is 0 Å². The van der Waals surface area contributed by atoms with Crippen molar-refractivity contribution in [3.8, 4) is 0 Å². The number of quaternary nitrogens is 2. The van der Waals surface area contributed by atoms with Crippen LogP contribution in [0.1, 0.15) is 117 Å². The Morgan fingerprint density at radius 3 is 1.24 bits per heavy atom. The molecule has 0 spiro atoms. The van der Waals surface area contributed by atoms with Crippen molar-refractivity contribution in [2.24, 2.45) is 0 Å². The Kier molecular flexibility index (Phi) is 34.6. The van der Waals surface area contributed by atoms with Crippen LogP contribution < -0.4 is 36.7 Å². The van der Waals surface area contributed by atoms with Gasteiger partial charge in [-0.2, -0.15) is 0 Å². The molecular formula is C20H46Cl2N2O. The SMILES string of the molecule is CCCCCCCCCCCCCCCCCC(=O)C(C)[NH3+].[Cl-].[Cl-].[NH4+]. The first-order valence-corrected chi connectivity index (χ1v) is 10.0. The first-order chi connectivity index (χ1) is 10.7. The van der Waals surface area contributed by atoms with Crippen LogP contribution in [0.15, 0.2) is 0 Å². The summed E-state index contributed by atoms with van der Waals surface area (Å²) in [6.07, 6.45) is 21.3. The van der Waals surface area contributed by atoms with Gasteiger partial charge in [-0.05, 0) is 13.3 Å². The molecule has 0 radical (unpaired) electrons. The lowest BCUT2D eigenvalue weighted by Crippen LogP contribution is -3.00. The van der Waals surface area contributed by atoms with E-state index in [0.29, 0.717) is 5.78 Å². The molecule has 1 unspecified atom stereocenters. The maximum Gasteiger partial charge on any atom is 0.189 e. The summed E-state index contributed by atoms with van der Waals surface area (Å²) >= 11 is 0. The molecule has 25 heavy (non-hydrogen) atoms. The zero-order valence-corrected chi connectivity index (χ0v) is 18.8. The van der Waals surface area contributed by atoms with Gasteiger partial charge in [0.05, 0.1) is 0 Å². The molecular weight excluding hydrogens is 355 g/mol. The van der Waals surface area contributed by atoms with Crippen LogP contribution in [0.25, 0.3) is 0 Å². The average molecular weight is 402 g/mol. The Hall–Kier alpha value is 0.170. The van der Waals surface area contributed by atoms with E-state index in [1.54, 1.807) is 0 Å². The minimum Gasteiger partial charge on any atom is -1.00 e. The van der Waals surface area contributed by atoms with Crippen LogP contribution in [0.2, 0.25) is 0 Å². The van der Waals surface area contributed by atoms with Gasteiger partial charge in [-0.3, -0.25) is 4.79 Å². The van der Waals surface area contributed by atoms with Gasteiger partial charge in [0, 0.05) is 6.42 Å². The molecule has 0 saturated carbocycles. The summed E-state index contributed by atoms with van der Waals surface area (Å²) in [7, 11) is 0. The number of carbonyl (C=O) groups is 1. The molecule has 0 rings (SSSR count). The van der Waals surface area contributed by atoms with E-state index < -0.39 is 0 Å². The fraction of sp³-hybridized carbons (Fsp3) is 0.950. The molecule has 156 valence electrons. The van der Waals surface area contributed by atoms with Gasteiger partial charge in [0.1, 0.15) is 6.04 Å². The molecule has 0 aliphatic carbocycles. The van der Waals surface area contributed by atoms with E-state index in [-0.39, 0.29) is 37.0 Å². The summed E-state index contributed by atoms with van der Waals surface area (Å²) in [5.41, 5.74) is 3.78. The molecule has 7 N–H and O–H groups in total. The zero-order valence-electron chi connectivity index (χ0n) is 17.3. The largest absolute Gasteiger partial charge is 1.00 e. The molecule has 1 atom stereocenters. The van der Waals surface area contributed by atoms with E-state index in [4.69, 9.17) is 0 Å². The fourth-order valence-corrected chi connectivity index (χ4v) is 2.92. The zero-order chi connectivity index (χ0) is 16.5. The topological polar surface area (TPSA) is 81.2 Å². The van der Waals surface area contributed by atoms with Crippen LogP contribution in [0.4, 0.5) is 0 Å². The minimum absolute atomic E-state index is 0. The molecule has 3 nitrogen and oxygen atoms in total. The van der Waals surface area contributed by atoms with Crippen molar-refractivity contribution in [1.82, 2.24) is 6.15 Å². The Balaban J connectivity index is -0.000000735. The Bertz CT molecular complexity index is 252. The lowest BCUT2D eigenvalue weighted by molar-refractivity contribution is -0.397. The van der Waals surface area contributed by atoms with Crippen molar-refractivity contribution >= 4 is 5.78 Å². The molecule has 0 aliphatic rings. The Morgan fingerprint density at radius 2 is 0.960 bits per heavy atom. The van der Waals surface area contributed by atoms with Crippen LogP contribution in [0.5, 0.6) is 0 Å². The maximum atomic E-state index is 11.4. The fourth-order valence-electron chi connectivity index (χ4n) is 2.92. The van der Waals surface area contributed by atoms with E-state index in [1.807, 2.05) is 6.92 Å². The third kappa shape index (κ3) is 26.5. The summed E-state index contributed by atoms with van der Waals surface area (Å²) in [6, 6.07) is -0.0216. The highest BCUT2D eigenvalue weighted by atomic mass is 35.5. The Labute approximate surface area is 170 Å². The minimum atomic E-state index is -0.0216. The number of hydrogen-bond donors (Lipinski definition) is 2. The van der Waals surface area contributed by atoms with Gasteiger partial charge in [0.15, 0.2) is 5.78 Å². The molecule has 0 amide bonds. The average Bonchev–Trinajstić information content (AvgIpc) is 2.50. The second-order valence-electron chi connectivity index (χ2n) is 7.07. The number of hydrogen-bond acceptors (Lipinski definition) is 1. The lowest BCUT2D eigenvalue weighted by atomic mass is 10.0. The van der Waals surface area contributed by atoms with E-state index in [9.17, 15) is 4.79 Å². The highest BCUT2D eigenvalue weighted by Gasteiger charge is 2.09. The van der Waals surface area contributed by atoms with Gasteiger partial charge in [-0.25, -0.2) is 0 Å². The Morgan fingerprint density at radius 1 is 0.680 bits per heavy atom. The van der Waals surface area contributed by atoms with Gasteiger partial charge >= 0.3 is 0 Å². The molecule has 5 heteroatoms. The quantitative estimate of drug-likeness (QED) is 0.326. The van der Waals surface area contributed by atoms with Gasteiger partial charge in [-0.15, -0.1) is 0 Å². The van der Waals surface area contributed by atoms with Crippen LogP contribution in [0.3, 0.4) is 0 Å². The van der Waals surface area contributed by atoms with E-state index in [0.717, 1.165) is 12.8 Å². The number of rotatable bonds is 17. The van der Waals surface area contributed by atoms with Gasteiger partial charge in [0.2, 0.25) is 0 Å². The summed E-state index contributed by atoms with van der Waals surface area (Å²) < 4.78 is 0. The molecule has 0 aromatic heterocycles. The second-order valence-corrected chi connectivity index (χ2v) is 7.07. The second kappa shape index (κ2) is 26.4. The van der Waals surface area contributed by atoms with Gasteiger partial charge < -0.3 is 36.7 Å². The monoisotopic (exact) mass is 400 g/mol. The number of carbonyl (C=O) groups excluding carboxylic acids is 1.